The average Bonchev–Trinajstić information content (AvgIpc) is 3.78. The van der Waals surface area contributed by atoms with Gasteiger partial charge in [-0.1, -0.05) is 114 Å². The molecule has 2 nitrogen and oxygen atoms in total. The van der Waals surface area contributed by atoms with E-state index < -0.39 is 0 Å². The van der Waals surface area contributed by atoms with Gasteiger partial charge in [0.2, 0.25) is 0 Å². The molecular weight excluding hydrogens is 634 g/mol. The van der Waals surface area contributed by atoms with Crippen molar-refractivity contribution in [2.75, 3.05) is 37.9 Å². The van der Waals surface area contributed by atoms with Gasteiger partial charge in [0.1, 0.15) is 11.5 Å². The lowest BCUT2D eigenvalue weighted by molar-refractivity contribution is 0.284. The molecular formula is C45H52O2P2. The van der Waals surface area contributed by atoms with Gasteiger partial charge in [0, 0.05) is 11.1 Å². The fourth-order valence-corrected chi connectivity index (χ4v) is 17.5. The molecule has 4 aromatic carbocycles. The molecule has 0 aromatic heterocycles. The summed E-state index contributed by atoms with van der Waals surface area (Å²) in [6, 6.07) is 32.2. The molecule has 2 saturated carbocycles. The Balaban J connectivity index is 1.33. The minimum atomic E-state index is -0.347. The monoisotopic (exact) mass is 686 g/mol. The van der Waals surface area contributed by atoms with Crippen molar-refractivity contribution in [2.24, 2.45) is 23.7 Å². The van der Waals surface area contributed by atoms with E-state index in [-0.39, 0.29) is 15.8 Å². The highest BCUT2D eigenvalue weighted by atomic mass is 31.1. The van der Waals surface area contributed by atoms with Gasteiger partial charge in [-0.25, -0.2) is 0 Å². The van der Waals surface area contributed by atoms with Crippen LogP contribution in [0.5, 0.6) is 11.5 Å². The van der Waals surface area contributed by atoms with E-state index >= 15 is 0 Å². The van der Waals surface area contributed by atoms with Crippen molar-refractivity contribution < 1.29 is 9.47 Å². The fourth-order valence-electron chi connectivity index (χ4n) is 10.1. The maximum atomic E-state index is 7.01. The van der Waals surface area contributed by atoms with Gasteiger partial charge in [-0.2, -0.15) is 0 Å². The zero-order valence-electron chi connectivity index (χ0n) is 29.1. The van der Waals surface area contributed by atoms with Crippen LogP contribution in [0, 0.1) is 23.7 Å². The third kappa shape index (κ3) is 6.40. The molecule has 2 saturated heterocycles. The molecule has 49 heavy (non-hydrogen) atoms. The summed E-state index contributed by atoms with van der Waals surface area (Å²) < 4.78 is 14.0. The quantitative estimate of drug-likeness (QED) is 0.199. The van der Waals surface area contributed by atoms with Gasteiger partial charge in [-0.15, -0.1) is 0 Å². The van der Waals surface area contributed by atoms with Crippen LogP contribution in [0.15, 0.2) is 84.9 Å². The summed E-state index contributed by atoms with van der Waals surface area (Å²) in [4.78, 5) is 0. The van der Waals surface area contributed by atoms with Gasteiger partial charge in [0.15, 0.2) is 0 Å². The topological polar surface area (TPSA) is 18.5 Å². The molecule has 3 aliphatic heterocycles. The number of ether oxygens (including phenoxy) is 2. The Bertz CT molecular complexity index is 1600. The lowest BCUT2D eigenvalue weighted by Crippen LogP contribution is -2.20. The molecule has 5 aliphatic rings. The smallest absolute Gasteiger partial charge is 0.127 e. The number of hydrogen-bond donors (Lipinski definition) is 0. The molecule has 0 bridgehead atoms. The highest BCUT2D eigenvalue weighted by Gasteiger charge is 2.42. The third-order valence-electron chi connectivity index (χ3n) is 12.6. The van der Waals surface area contributed by atoms with Crippen LogP contribution in [0.4, 0.5) is 0 Å². The predicted octanol–water partition coefficient (Wildman–Crippen LogP) is 11.5. The second kappa shape index (κ2) is 14.5. The van der Waals surface area contributed by atoms with Crippen molar-refractivity contribution in [3.63, 3.8) is 0 Å². The van der Waals surface area contributed by atoms with E-state index in [4.69, 9.17) is 9.47 Å². The normalized spacial score (nSPS) is 26.0. The third-order valence-corrected chi connectivity index (χ3v) is 18.4. The Morgan fingerprint density at radius 1 is 0.408 bits per heavy atom. The second-order valence-electron chi connectivity index (χ2n) is 15.6. The van der Waals surface area contributed by atoms with E-state index in [0.717, 1.165) is 67.6 Å². The first-order valence-corrected chi connectivity index (χ1v) is 22.9. The molecule has 0 N–H and O–H groups in total. The maximum Gasteiger partial charge on any atom is 0.127 e. The molecule has 0 amide bonds. The standard InChI is InChI=1S/C45H52O2P2/c1-4-14-32(15-5-1)38-22-24-40-42(44(38)48-28-34-18-8-9-19-35(34)29-48)43-41(47-27-13-3-12-26-46-40)25-23-39(33-16-6-2-7-17-33)45(43)49-30-36-20-10-11-21-37(36)31-49/h1-2,4-7,14-17,22-25,34-37H,3,8-13,18-21,26-31H2/t34-,35-,36-,37-/m1/s1. The second-order valence-corrected chi connectivity index (χ2v) is 20.1. The molecule has 0 radical (unpaired) electrons. The highest BCUT2D eigenvalue weighted by Crippen LogP contribution is 2.60. The summed E-state index contributed by atoms with van der Waals surface area (Å²) >= 11 is 0. The first kappa shape index (κ1) is 32.3. The molecule has 3 heterocycles. The molecule has 4 atom stereocenters. The largest absolute Gasteiger partial charge is 0.493 e. The van der Waals surface area contributed by atoms with Gasteiger partial charge >= 0.3 is 0 Å². The number of rotatable bonds is 4. The first-order chi connectivity index (χ1) is 24.3. The van der Waals surface area contributed by atoms with Crippen molar-refractivity contribution in [1.29, 1.82) is 0 Å². The van der Waals surface area contributed by atoms with Crippen LogP contribution in [0.25, 0.3) is 33.4 Å². The van der Waals surface area contributed by atoms with Gasteiger partial charge in [-0.3, -0.25) is 0 Å². The molecule has 9 rings (SSSR count). The Hall–Kier alpha value is -2.66. The predicted molar refractivity (Wildman–Crippen MR) is 211 cm³/mol. The Morgan fingerprint density at radius 3 is 1.18 bits per heavy atom. The Labute approximate surface area is 296 Å². The summed E-state index contributed by atoms with van der Waals surface area (Å²) in [7, 11) is -0.694. The Morgan fingerprint density at radius 2 is 0.796 bits per heavy atom. The lowest BCUT2D eigenvalue weighted by Gasteiger charge is -2.29. The maximum absolute atomic E-state index is 7.01. The summed E-state index contributed by atoms with van der Waals surface area (Å²) in [5.74, 6) is 5.76. The highest BCUT2D eigenvalue weighted by molar-refractivity contribution is 7.67. The SMILES string of the molecule is c1ccc(-c2ccc3c(c2P2C[C@H]4CCCC[C@@H]4C2)-c2c(ccc(-c4ccccc4)c2P2C[C@H]4CCCC[C@@H]4C2)OCCCCCO3)cc1. The van der Waals surface area contributed by atoms with E-state index in [1.807, 2.05) is 0 Å². The zero-order valence-corrected chi connectivity index (χ0v) is 30.9. The van der Waals surface area contributed by atoms with Crippen LogP contribution < -0.4 is 20.1 Å². The summed E-state index contributed by atoms with van der Waals surface area (Å²) in [5, 5.41) is 3.24. The van der Waals surface area contributed by atoms with E-state index in [1.165, 1.54) is 109 Å². The minimum Gasteiger partial charge on any atom is -0.493 e. The Kier molecular flexibility index (Phi) is 9.56. The van der Waals surface area contributed by atoms with Crippen molar-refractivity contribution in [3.05, 3.63) is 84.9 Å². The van der Waals surface area contributed by atoms with E-state index in [0.29, 0.717) is 0 Å². The number of hydrogen-bond acceptors (Lipinski definition) is 2. The van der Waals surface area contributed by atoms with Crippen molar-refractivity contribution in [2.45, 2.75) is 70.6 Å². The number of fused-ring (bicyclic) bond motifs is 5. The summed E-state index contributed by atoms with van der Waals surface area (Å²) in [6.45, 7) is 1.56. The zero-order chi connectivity index (χ0) is 32.6. The van der Waals surface area contributed by atoms with E-state index in [9.17, 15) is 0 Å². The summed E-state index contributed by atoms with van der Waals surface area (Å²) in [5.41, 5.74) is 8.41. The van der Waals surface area contributed by atoms with Gasteiger partial charge in [-0.05, 0) is 138 Å². The molecule has 4 heteroatoms. The van der Waals surface area contributed by atoms with Crippen molar-refractivity contribution in [3.8, 4) is 44.9 Å². The summed E-state index contributed by atoms with van der Waals surface area (Å²) in [6.07, 6.45) is 20.1. The van der Waals surface area contributed by atoms with Crippen LogP contribution >= 0.6 is 15.8 Å². The van der Waals surface area contributed by atoms with Crippen LogP contribution in [0.3, 0.4) is 0 Å². The molecule has 0 spiro atoms. The molecule has 4 fully saturated rings. The van der Waals surface area contributed by atoms with E-state index in [2.05, 4.69) is 84.9 Å². The first-order valence-electron chi connectivity index (χ1n) is 19.5. The number of benzene rings is 4. The molecule has 254 valence electrons. The fraction of sp³-hybridized carbons (Fsp3) is 0.467. The van der Waals surface area contributed by atoms with Crippen LogP contribution in [0.2, 0.25) is 0 Å². The van der Waals surface area contributed by atoms with Gasteiger partial charge in [0.25, 0.3) is 0 Å². The van der Waals surface area contributed by atoms with Crippen LogP contribution in [-0.2, 0) is 0 Å². The van der Waals surface area contributed by atoms with Crippen molar-refractivity contribution >= 4 is 26.5 Å². The van der Waals surface area contributed by atoms with E-state index in [1.54, 1.807) is 10.6 Å². The lowest BCUT2D eigenvalue weighted by atomic mass is 9.82. The van der Waals surface area contributed by atoms with Gasteiger partial charge < -0.3 is 9.47 Å². The average molecular weight is 687 g/mol. The molecule has 4 aromatic rings. The minimum absolute atomic E-state index is 0.347. The molecule has 0 unspecified atom stereocenters. The van der Waals surface area contributed by atoms with Crippen molar-refractivity contribution in [1.82, 2.24) is 0 Å². The van der Waals surface area contributed by atoms with Crippen LogP contribution in [0.1, 0.15) is 70.6 Å². The van der Waals surface area contributed by atoms with Gasteiger partial charge in [0.05, 0.1) is 13.2 Å². The van der Waals surface area contributed by atoms with Crippen LogP contribution in [-0.4, -0.2) is 37.9 Å². The molecule has 2 aliphatic carbocycles.